The minimum Gasteiger partial charge on any atom is -0.413 e. The van der Waals surface area contributed by atoms with Gasteiger partial charge in [0, 0.05) is 6.61 Å². The van der Waals surface area contributed by atoms with E-state index in [9.17, 15) is 0 Å². The lowest BCUT2D eigenvalue weighted by Crippen LogP contribution is -2.45. The lowest BCUT2D eigenvalue weighted by atomic mass is 10.1. The normalized spacial score (nSPS) is 10.9. The highest BCUT2D eigenvalue weighted by Crippen LogP contribution is 2.13. The molecule has 1 rings (SSSR count). The van der Waals surface area contributed by atoms with Crippen molar-refractivity contribution in [1.29, 1.82) is 0 Å². The molecule has 0 spiro atoms. The number of allylic oxidation sites excluding steroid dienone is 1. The molecule has 0 atom stereocenters. The van der Waals surface area contributed by atoms with Crippen molar-refractivity contribution < 1.29 is 4.43 Å². The average Bonchev–Trinajstić information content (AvgIpc) is 2.29. The van der Waals surface area contributed by atoms with E-state index in [2.05, 4.69) is 50.9 Å². The molecule has 0 amide bonds. The SMILES string of the molecule is C=C(C)c1cccc([Si](C)(C)OCCCC)c1.[SiH4]. The van der Waals surface area contributed by atoms with Gasteiger partial charge in [0.1, 0.15) is 0 Å². The van der Waals surface area contributed by atoms with Crippen LogP contribution in [0.3, 0.4) is 0 Å². The van der Waals surface area contributed by atoms with Crippen LogP contribution in [-0.4, -0.2) is 25.9 Å². The molecule has 0 saturated heterocycles. The summed E-state index contributed by atoms with van der Waals surface area (Å²) in [5.74, 6) is 0. The molecule has 0 aliphatic carbocycles. The van der Waals surface area contributed by atoms with E-state index in [1.165, 1.54) is 17.2 Å². The van der Waals surface area contributed by atoms with Crippen LogP contribution in [0.1, 0.15) is 32.3 Å². The predicted octanol–water partition coefficient (Wildman–Crippen LogP) is 2.50. The first kappa shape index (κ1) is 17.4. The fourth-order valence-corrected chi connectivity index (χ4v) is 3.54. The first-order valence-corrected chi connectivity index (χ1v) is 9.28. The summed E-state index contributed by atoms with van der Waals surface area (Å²) in [7, 11) is -1.74. The van der Waals surface area contributed by atoms with E-state index in [1.807, 2.05) is 6.92 Å². The molecule has 3 heteroatoms. The topological polar surface area (TPSA) is 9.23 Å². The summed E-state index contributed by atoms with van der Waals surface area (Å²) in [6.45, 7) is 13.6. The molecule has 0 unspecified atom stereocenters. The van der Waals surface area contributed by atoms with Crippen LogP contribution in [0.4, 0.5) is 0 Å². The second kappa shape index (κ2) is 7.72. The van der Waals surface area contributed by atoms with E-state index < -0.39 is 8.32 Å². The molecule has 1 aromatic carbocycles. The van der Waals surface area contributed by atoms with Crippen molar-refractivity contribution in [3.05, 3.63) is 36.4 Å². The molecule has 0 aromatic heterocycles. The third kappa shape index (κ3) is 4.92. The first-order valence-electron chi connectivity index (χ1n) is 6.37. The van der Waals surface area contributed by atoms with Crippen molar-refractivity contribution in [2.45, 2.75) is 39.8 Å². The van der Waals surface area contributed by atoms with Crippen molar-refractivity contribution in [3.8, 4) is 0 Å². The second-order valence-corrected chi connectivity index (χ2v) is 8.96. The van der Waals surface area contributed by atoms with Gasteiger partial charge in [-0.15, -0.1) is 0 Å². The molecule has 0 aliphatic heterocycles. The Morgan fingerprint density at radius 3 is 2.56 bits per heavy atom. The highest BCUT2D eigenvalue weighted by molar-refractivity contribution is 6.84. The summed E-state index contributed by atoms with van der Waals surface area (Å²) in [6.07, 6.45) is 2.34. The number of unbranched alkanes of at least 4 members (excludes halogenated alkanes) is 1. The van der Waals surface area contributed by atoms with Gasteiger partial charge in [-0.3, -0.25) is 0 Å². The highest BCUT2D eigenvalue weighted by atomic mass is 28.4. The molecule has 18 heavy (non-hydrogen) atoms. The Bertz CT molecular complexity index is 386. The van der Waals surface area contributed by atoms with Crippen LogP contribution in [0, 0.1) is 0 Å². The highest BCUT2D eigenvalue weighted by Gasteiger charge is 2.25. The molecule has 0 saturated carbocycles. The predicted molar refractivity (Wildman–Crippen MR) is 90.5 cm³/mol. The third-order valence-electron chi connectivity index (χ3n) is 3.01. The van der Waals surface area contributed by atoms with Crippen LogP contribution >= 0.6 is 0 Å². The average molecular weight is 281 g/mol. The number of rotatable bonds is 6. The van der Waals surface area contributed by atoms with Gasteiger partial charge in [-0.05, 0) is 48.2 Å². The van der Waals surface area contributed by atoms with E-state index in [4.69, 9.17) is 4.43 Å². The Labute approximate surface area is 117 Å². The molecule has 0 N–H and O–H groups in total. The molecule has 0 fully saturated rings. The van der Waals surface area contributed by atoms with Crippen LogP contribution in [-0.2, 0) is 4.43 Å². The molecule has 0 radical (unpaired) electrons. The summed E-state index contributed by atoms with van der Waals surface area (Å²) in [5.41, 5.74) is 2.34. The van der Waals surface area contributed by atoms with Crippen LogP contribution in [0.25, 0.3) is 5.57 Å². The van der Waals surface area contributed by atoms with E-state index in [-0.39, 0.29) is 11.0 Å². The maximum Gasteiger partial charge on any atom is 0.218 e. The van der Waals surface area contributed by atoms with E-state index in [1.54, 1.807) is 0 Å². The molecule has 0 heterocycles. The first-order chi connectivity index (χ1) is 7.97. The number of hydrogen-bond donors (Lipinski definition) is 0. The van der Waals surface area contributed by atoms with Gasteiger partial charge >= 0.3 is 0 Å². The summed E-state index contributed by atoms with van der Waals surface area (Å²) < 4.78 is 6.10. The Morgan fingerprint density at radius 1 is 1.33 bits per heavy atom. The Hall–Kier alpha value is -0.646. The summed E-state index contributed by atoms with van der Waals surface area (Å²) in [5, 5.41) is 1.36. The zero-order chi connectivity index (χ0) is 12.9. The molecular weight excluding hydrogens is 252 g/mol. The Morgan fingerprint density at radius 2 is 2.00 bits per heavy atom. The van der Waals surface area contributed by atoms with Crippen molar-refractivity contribution in [3.63, 3.8) is 0 Å². The summed E-state index contributed by atoms with van der Waals surface area (Å²) >= 11 is 0. The van der Waals surface area contributed by atoms with Gasteiger partial charge in [0.15, 0.2) is 0 Å². The lowest BCUT2D eigenvalue weighted by Gasteiger charge is -2.24. The lowest BCUT2D eigenvalue weighted by molar-refractivity contribution is 0.307. The molecule has 1 aromatic rings. The minimum atomic E-state index is -1.74. The van der Waals surface area contributed by atoms with Crippen LogP contribution in [0.15, 0.2) is 30.8 Å². The fourth-order valence-electron chi connectivity index (χ4n) is 1.71. The van der Waals surface area contributed by atoms with Crippen LogP contribution < -0.4 is 5.19 Å². The van der Waals surface area contributed by atoms with Crippen molar-refractivity contribution in [1.82, 2.24) is 0 Å². The van der Waals surface area contributed by atoms with Gasteiger partial charge in [-0.2, -0.15) is 0 Å². The Balaban J connectivity index is 0.00000289. The van der Waals surface area contributed by atoms with Crippen LogP contribution in [0.2, 0.25) is 13.1 Å². The number of hydrogen-bond acceptors (Lipinski definition) is 1. The zero-order valence-corrected chi connectivity index (χ0v) is 12.5. The van der Waals surface area contributed by atoms with Crippen LogP contribution in [0.5, 0.6) is 0 Å². The molecule has 0 aliphatic rings. The van der Waals surface area contributed by atoms with Gasteiger partial charge in [-0.1, -0.05) is 49.8 Å². The quantitative estimate of drug-likeness (QED) is 0.575. The molecule has 1 nitrogen and oxygen atoms in total. The van der Waals surface area contributed by atoms with Gasteiger partial charge in [-0.25, -0.2) is 0 Å². The smallest absolute Gasteiger partial charge is 0.218 e. The summed E-state index contributed by atoms with van der Waals surface area (Å²) in [6, 6.07) is 8.64. The maximum absolute atomic E-state index is 6.10. The minimum absolute atomic E-state index is 0. The monoisotopic (exact) mass is 280 g/mol. The van der Waals surface area contributed by atoms with Gasteiger partial charge < -0.3 is 4.43 Å². The Kier molecular flexibility index (Phi) is 7.44. The van der Waals surface area contributed by atoms with Crippen molar-refractivity contribution in [2.75, 3.05) is 6.61 Å². The van der Waals surface area contributed by atoms with Crippen molar-refractivity contribution in [2.24, 2.45) is 0 Å². The van der Waals surface area contributed by atoms with E-state index in [0.29, 0.717) is 0 Å². The second-order valence-electron chi connectivity index (χ2n) is 5.07. The van der Waals surface area contributed by atoms with E-state index in [0.717, 1.165) is 18.6 Å². The van der Waals surface area contributed by atoms with Gasteiger partial charge in [0.05, 0.1) is 0 Å². The zero-order valence-electron chi connectivity index (χ0n) is 11.5. The fraction of sp³-hybridized carbons (Fsp3) is 0.467. The summed E-state index contributed by atoms with van der Waals surface area (Å²) in [4.78, 5) is 0. The maximum atomic E-state index is 6.10. The van der Waals surface area contributed by atoms with E-state index >= 15 is 0 Å². The standard InChI is InChI=1S/C15H24OSi.H4Si/c1-6-7-11-16-17(4,5)15-10-8-9-14(12-15)13(2)3;/h8-10,12H,2,6-7,11H2,1,3-5H3;1H4. The van der Waals surface area contributed by atoms with Crippen molar-refractivity contribution >= 4 is 30.0 Å². The molecule has 102 valence electrons. The molecule has 0 bridgehead atoms. The molecular formula is C15H28OSi2. The number of benzene rings is 1. The van der Waals surface area contributed by atoms with Gasteiger partial charge in [0.2, 0.25) is 8.32 Å². The van der Waals surface area contributed by atoms with Gasteiger partial charge in [0.25, 0.3) is 0 Å². The largest absolute Gasteiger partial charge is 0.413 e. The third-order valence-corrected chi connectivity index (χ3v) is 5.64.